The van der Waals surface area contributed by atoms with Crippen molar-refractivity contribution in [2.24, 2.45) is 5.90 Å². The van der Waals surface area contributed by atoms with Gasteiger partial charge in [0.25, 0.3) is 0 Å². The van der Waals surface area contributed by atoms with Crippen molar-refractivity contribution in [1.82, 2.24) is 15.1 Å². The Bertz CT molecular complexity index is 314. The molecule has 0 aromatic rings. The summed E-state index contributed by atoms with van der Waals surface area (Å²) in [5, 5.41) is 2.75. The Morgan fingerprint density at radius 3 is 2.25 bits per heavy atom. The van der Waals surface area contributed by atoms with Gasteiger partial charge in [0.05, 0.1) is 33.0 Å². The number of carbonyl (C=O) groups is 1. The summed E-state index contributed by atoms with van der Waals surface area (Å²) in [5.41, 5.74) is 0. The number of amides is 1. The maximum Gasteiger partial charge on any atom is 0.246 e. The molecule has 3 N–H and O–H groups in total. The van der Waals surface area contributed by atoms with E-state index >= 15 is 0 Å². The average Bonchev–Trinajstić information content (AvgIpc) is 2.61. The number of ether oxygens (including phenoxy) is 3. The molecule has 0 spiro atoms. The number of methoxy groups -OCH3 is 1. The Morgan fingerprint density at radius 2 is 1.62 bits per heavy atom. The lowest BCUT2D eigenvalue weighted by Crippen LogP contribution is -2.48. The van der Waals surface area contributed by atoms with Crippen LogP contribution in [0.1, 0.15) is 0 Å². The van der Waals surface area contributed by atoms with Crippen LogP contribution in [0.25, 0.3) is 0 Å². The first kappa shape index (κ1) is 21.2. The molecule has 0 aromatic heterocycles. The average molecular weight is 348 g/mol. The van der Waals surface area contributed by atoms with Gasteiger partial charge >= 0.3 is 0 Å². The highest BCUT2D eigenvalue weighted by Gasteiger charge is 2.16. The number of nitrogens with zero attached hydrogens (tertiary/aromatic N) is 2. The molecule has 0 radical (unpaired) electrons. The van der Waals surface area contributed by atoms with E-state index in [9.17, 15) is 4.79 Å². The van der Waals surface area contributed by atoms with Crippen LogP contribution in [0.3, 0.4) is 0 Å². The second-order valence-corrected chi connectivity index (χ2v) is 5.56. The number of nitrogens with two attached hydrogens (primary N) is 1. The van der Waals surface area contributed by atoms with Crippen molar-refractivity contribution in [1.29, 1.82) is 0 Å². The zero-order valence-corrected chi connectivity index (χ0v) is 14.7. The highest BCUT2D eigenvalue weighted by Crippen LogP contribution is 2.00. The van der Waals surface area contributed by atoms with Crippen LogP contribution in [0.5, 0.6) is 0 Å². The topological polar surface area (TPSA) is 98.5 Å². The molecular formula is C15H32N4O5. The number of hydrogen-bond donors (Lipinski definition) is 2. The predicted octanol–water partition coefficient (Wildman–Crippen LogP) is -1.71. The van der Waals surface area contributed by atoms with Crippen LogP contribution >= 0.6 is 0 Å². The van der Waals surface area contributed by atoms with Crippen LogP contribution in [0, 0.1) is 0 Å². The van der Waals surface area contributed by atoms with E-state index < -0.39 is 0 Å². The molecule has 0 unspecified atom stereocenters. The van der Waals surface area contributed by atoms with Crippen molar-refractivity contribution >= 4 is 5.91 Å². The summed E-state index contributed by atoms with van der Waals surface area (Å²) < 4.78 is 15.5. The van der Waals surface area contributed by atoms with Gasteiger partial charge in [0.1, 0.15) is 6.61 Å². The third-order valence-electron chi connectivity index (χ3n) is 3.78. The van der Waals surface area contributed by atoms with Gasteiger partial charge in [-0.2, -0.15) is 0 Å². The fourth-order valence-electron chi connectivity index (χ4n) is 2.33. The Hall–Kier alpha value is -0.810. The fourth-order valence-corrected chi connectivity index (χ4v) is 2.33. The van der Waals surface area contributed by atoms with Crippen LogP contribution in [0.15, 0.2) is 0 Å². The second-order valence-electron chi connectivity index (χ2n) is 5.56. The molecule has 1 saturated heterocycles. The maximum atomic E-state index is 11.6. The van der Waals surface area contributed by atoms with Crippen LogP contribution in [-0.2, 0) is 23.8 Å². The van der Waals surface area contributed by atoms with E-state index in [4.69, 9.17) is 20.1 Å². The SMILES string of the molecule is COCCOCCNC(=O)COCCN1CCN(CCON)CC1. The minimum absolute atomic E-state index is 0.0892. The highest BCUT2D eigenvalue weighted by molar-refractivity contribution is 5.77. The summed E-state index contributed by atoms with van der Waals surface area (Å²) in [6.45, 7) is 9.00. The zero-order valence-electron chi connectivity index (χ0n) is 14.7. The molecule has 1 rings (SSSR count). The van der Waals surface area contributed by atoms with E-state index in [1.165, 1.54) is 0 Å². The first-order chi connectivity index (χ1) is 11.8. The van der Waals surface area contributed by atoms with E-state index in [1.54, 1.807) is 7.11 Å². The molecule has 0 aromatic carbocycles. The summed E-state index contributed by atoms with van der Waals surface area (Å²) in [6, 6.07) is 0. The summed E-state index contributed by atoms with van der Waals surface area (Å²) in [6.07, 6.45) is 0. The summed E-state index contributed by atoms with van der Waals surface area (Å²) >= 11 is 0. The largest absolute Gasteiger partial charge is 0.382 e. The van der Waals surface area contributed by atoms with Gasteiger partial charge in [-0.25, -0.2) is 5.90 Å². The molecule has 1 amide bonds. The molecule has 142 valence electrons. The highest BCUT2D eigenvalue weighted by atomic mass is 16.6. The number of piperazine rings is 1. The smallest absolute Gasteiger partial charge is 0.246 e. The molecule has 1 heterocycles. The minimum Gasteiger partial charge on any atom is -0.382 e. The molecular weight excluding hydrogens is 316 g/mol. The van der Waals surface area contributed by atoms with Gasteiger partial charge in [0.2, 0.25) is 5.91 Å². The Labute approximate surface area is 144 Å². The Morgan fingerprint density at radius 1 is 0.958 bits per heavy atom. The van der Waals surface area contributed by atoms with Crippen molar-refractivity contribution < 1.29 is 23.8 Å². The Balaban J connectivity index is 1.90. The number of hydrogen-bond acceptors (Lipinski definition) is 8. The molecule has 1 fully saturated rings. The normalized spacial score (nSPS) is 16.4. The zero-order chi connectivity index (χ0) is 17.5. The van der Waals surface area contributed by atoms with Crippen LogP contribution < -0.4 is 11.2 Å². The monoisotopic (exact) mass is 348 g/mol. The standard InChI is InChI=1S/C15H32N4O5/c1-21-12-13-22-9-2-17-15(20)14-23-10-7-18-3-5-19(6-4-18)8-11-24-16/h2-14,16H2,1H3,(H,17,20). The van der Waals surface area contributed by atoms with Crippen molar-refractivity contribution in [2.45, 2.75) is 0 Å². The summed E-state index contributed by atoms with van der Waals surface area (Å²) in [7, 11) is 1.62. The third-order valence-corrected chi connectivity index (χ3v) is 3.78. The van der Waals surface area contributed by atoms with Crippen molar-refractivity contribution in [3.8, 4) is 0 Å². The predicted molar refractivity (Wildman–Crippen MR) is 89.5 cm³/mol. The van der Waals surface area contributed by atoms with Gasteiger partial charge < -0.3 is 24.4 Å². The quantitative estimate of drug-likeness (QED) is 0.283. The van der Waals surface area contributed by atoms with E-state index in [1.807, 2.05) is 0 Å². The summed E-state index contributed by atoms with van der Waals surface area (Å²) in [4.78, 5) is 20.8. The number of carbonyl (C=O) groups excluding carboxylic acids is 1. The summed E-state index contributed by atoms with van der Waals surface area (Å²) in [5.74, 6) is 4.92. The van der Waals surface area contributed by atoms with Crippen molar-refractivity contribution in [2.75, 3.05) is 92.6 Å². The van der Waals surface area contributed by atoms with Crippen LogP contribution in [-0.4, -0.2) is 108 Å². The van der Waals surface area contributed by atoms with Gasteiger partial charge in [-0.15, -0.1) is 0 Å². The number of rotatable bonds is 14. The molecule has 1 aliphatic rings. The molecule has 0 atom stereocenters. The maximum absolute atomic E-state index is 11.6. The fraction of sp³-hybridized carbons (Fsp3) is 0.933. The molecule has 24 heavy (non-hydrogen) atoms. The lowest BCUT2D eigenvalue weighted by atomic mass is 10.3. The van der Waals surface area contributed by atoms with E-state index in [0.717, 1.165) is 39.3 Å². The van der Waals surface area contributed by atoms with Crippen LogP contribution in [0.2, 0.25) is 0 Å². The van der Waals surface area contributed by atoms with E-state index in [2.05, 4.69) is 20.0 Å². The van der Waals surface area contributed by atoms with E-state index in [-0.39, 0.29) is 12.5 Å². The molecule has 0 aliphatic carbocycles. The number of nitrogens with one attached hydrogen (secondary N) is 1. The first-order valence-electron chi connectivity index (χ1n) is 8.43. The molecule has 0 bridgehead atoms. The van der Waals surface area contributed by atoms with Crippen molar-refractivity contribution in [3.05, 3.63) is 0 Å². The first-order valence-corrected chi connectivity index (χ1v) is 8.43. The van der Waals surface area contributed by atoms with Crippen molar-refractivity contribution in [3.63, 3.8) is 0 Å². The van der Waals surface area contributed by atoms with E-state index in [0.29, 0.717) is 39.6 Å². The molecule has 9 nitrogen and oxygen atoms in total. The van der Waals surface area contributed by atoms with Gasteiger partial charge in [-0.3, -0.25) is 14.6 Å². The lowest BCUT2D eigenvalue weighted by molar-refractivity contribution is -0.126. The van der Waals surface area contributed by atoms with Crippen LogP contribution in [0.4, 0.5) is 0 Å². The molecule has 0 saturated carbocycles. The van der Waals surface area contributed by atoms with Gasteiger partial charge in [-0.1, -0.05) is 0 Å². The molecule has 1 aliphatic heterocycles. The van der Waals surface area contributed by atoms with Gasteiger partial charge in [-0.05, 0) is 0 Å². The lowest BCUT2D eigenvalue weighted by Gasteiger charge is -2.34. The third kappa shape index (κ3) is 10.9. The van der Waals surface area contributed by atoms with Gasteiger partial charge in [0, 0.05) is 52.9 Å². The molecule has 9 heteroatoms. The minimum atomic E-state index is -0.114. The second kappa shape index (κ2) is 14.5. The Kier molecular flexibility index (Phi) is 12.9. The van der Waals surface area contributed by atoms with Gasteiger partial charge in [0.15, 0.2) is 0 Å².